The molecule has 37 heavy (non-hydrogen) atoms. The molecular weight excluding hydrogens is 507 g/mol. The van der Waals surface area contributed by atoms with Gasteiger partial charge in [-0.05, 0) is 73.7 Å². The summed E-state index contributed by atoms with van der Waals surface area (Å²) in [6.45, 7) is 5.96. The SMILES string of the molecule is COCCN1CCCCC1C(=O)N1CC=C(c2ccc3ncn([C@H](C)c4ccc(Cl)cc4Cl)c3c2)CC1. The van der Waals surface area contributed by atoms with Crippen molar-refractivity contribution in [3.8, 4) is 0 Å². The van der Waals surface area contributed by atoms with Crippen LogP contribution in [0.4, 0.5) is 0 Å². The zero-order valence-corrected chi connectivity index (χ0v) is 23.0. The van der Waals surface area contributed by atoms with Crippen LogP contribution in [-0.4, -0.2) is 71.2 Å². The fourth-order valence-corrected chi connectivity index (χ4v) is 6.18. The third-order valence-electron chi connectivity index (χ3n) is 7.78. The van der Waals surface area contributed by atoms with Crippen LogP contribution in [0.5, 0.6) is 0 Å². The molecule has 3 heterocycles. The maximum absolute atomic E-state index is 13.4. The fraction of sp³-hybridized carbons (Fsp3) is 0.448. The Labute approximate surface area is 228 Å². The second-order valence-corrected chi connectivity index (χ2v) is 10.8. The summed E-state index contributed by atoms with van der Waals surface area (Å²) in [5.74, 6) is 0.258. The number of methoxy groups -OCH3 is 1. The standard InChI is InChI=1S/C29H34Cl2N4O2/c1-20(24-8-7-23(30)18-25(24)31)35-19-32-26-9-6-22(17-28(26)35)21-10-13-34(14-11-21)29(36)27-5-3-4-12-33(27)15-16-37-2/h6-10,17-20,27H,3-5,11-16H2,1-2H3/t20-,27?/m1/s1. The van der Waals surface area contributed by atoms with E-state index in [9.17, 15) is 4.79 Å². The lowest BCUT2D eigenvalue weighted by Crippen LogP contribution is -2.52. The molecule has 1 saturated heterocycles. The molecule has 2 atom stereocenters. The lowest BCUT2D eigenvalue weighted by Gasteiger charge is -2.38. The number of piperidine rings is 1. The van der Waals surface area contributed by atoms with Crippen LogP contribution < -0.4 is 0 Å². The Morgan fingerprint density at radius 1 is 1.16 bits per heavy atom. The van der Waals surface area contributed by atoms with Crippen molar-refractivity contribution >= 4 is 45.7 Å². The van der Waals surface area contributed by atoms with Gasteiger partial charge in [-0.25, -0.2) is 4.98 Å². The maximum Gasteiger partial charge on any atom is 0.240 e. The molecule has 8 heteroatoms. The van der Waals surface area contributed by atoms with E-state index in [4.69, 9.17) is 27.9 Å². The van der Waals surface area contributed by atoms with Gasteiger partial charge in [0.05, 0.1) is 36.1 Å². The van der Waals surface area contributed by atoms with Gasteiger partial charge < -0.3 is 14.2 Å². The van der Waals surface area contributed by atoms with Gasteiger partial charge in [0.25, 0.3) is 0 Å². The first-order chi connectivity index (χ1) is 18.0. The van der Waals surface area contributed by atoms with Gasteiger partial charge in [-0.15, -0.1) is 0 Å². The van der Waals surface area contributed by atoms with Gasteiger partial charge in [-0.1, -0.05) is 47.8 Å². The second-order valence-electron chi connectivity index (χ2n) is 10.0. The molecule has 6 nitrogen and oxygen atoms in total. The van der Waals surface area contributed by atoms with Gasteiger partial charge in [-0.3, -0.25) is 9.69 Å². The van der Waals surface area contributed by atoms with E-state index in [1.807, 2.05) is 23.4 Å². The van der Waals surface area contributed by atoms with Crippen molar-refractivity contribution < 1.29 is 9.53 Å². The largest absolute Gasteiger partial charge is 0.383 e. The van der Waals surface area contributed by atoms with Crippen molar-refractivity contribution in [2.24, 2.45) is 0 Å². The fourth-order valence-electron chi connectivity index (χ4n) is 5.61. The molecule has 1 aromatic heterocycles. The predicted octanol–water partition coefficient (Wildman–Crippen LogP) is 6.07. The van der Waals surface area contributed by atoms with Crippen molar-refractivity contribution in [1.82, 2.24) is 19.4 Å². The van der Waals surface area contributed by atoms with Gasteiger partial charge >= 0.3 is 0 Å². The molecule has 0 spiro atoms. The molecule has 1 amide bonds. The zero-order chi connectivity index (χ0) is 25.9. The van der Waals surface area contributed by atoms with Crippen LogP contribution in [0.1, 0.15) is 49.8 Å². The molecule has 2 aliphatic heterocycles. The minimum Gasteiger partial charge on any atom is -0.383 e. The minimum absolute atomic E-state index is 0.00927. The minimum atomic E-state index is -0.0225. The molecule has 5 rings (SSSR count). The summed E-state index contributed by atoms with van der Waals surface area (Å²) in [5, 5.41) is 1.28. The molecule has 2 aromatic carbocycles. The van der Waals surface area contributed by atoms with Crippen LogP contribution >= 0.6 is 23.2 Å². The summed E-state index contributed by atoms with van der Waals surface area (Å²) in [5.41, 5.74) is 5.46. The number of rotatable bonds is 7. The third kappa shape index (κ3) is 5.58. The highest BCUT2D eigenvalue weighted by atomic mass is 35.5. The topological polar surface area (TPSA) is 50.6 Å². The normalized spacial score (nSPS) is 19.7. The molecule has 1 unspecified atom stereocenters. The molecule has 0 N–H and O–H groups in total. The second kappa shape index (κ2) is 11.6. The van der Waals surface area contributed by atoms with Crippen molar-refractivity contribution in [1.29, 1.82) is 0 Å². The van der Waals surface area contributed by atoms with E-state index in [0.29, 0.717) is 23.2 Å². The van der Waals surface area contributed by atoms with Crippen molar-refractivity contribution in [2.75, 3.05) is 39.9 Å². The summed E-state index contributed by atoms with van der Waals surface area (Å²) < 4.78 is 7.43. The lowest BCUT2D eigenvalue weighted by atomic mass is 9.96. The van der Waals surface area contributed by atoms with Crippen LogP contribution in [0.15, 0.2) is 48.8 Å². The molecule has 0 aliphatic carbocycles. The number of amides is 1. The van der Waals surface area contributed by atoms with E-state index < -0.39 is 0 Å². The van der Waals surface area contributed by atoms with Crippen LogP contribution in [0.2, 0.25) is 10.0 Å². The first-order valence-corrected chi connectivity index (χ1v) is 13.8. The van der Waals surface area contributed by atoms with Crippen molar-refractivity contribution in [3.63, 3.8) is 0 Å². The van der Waals surface area contributed by atoms with Crippen molar-refractivity contribution in [2.45, 2.75) is 44.7 Å². The summed E-state index contributed by atoms with van der Waals surface area (Å²) in [4.78, 5) is 22.3. The highest BCUT2D eigenvalue weighted by molar-refractivity contribution is 6.35. The van der Waals surface area contributed by atoms with Gasteiger partial charge in [0.2, 0.25) is 5.91 Å². The lowest BCUT2D eigenvalue weighted by molar-refractivity contribution is -0.138. The van der Waals surface area contributed by atoms with Gasteiger partial charge in [-0.2, -0.15) is 0 Å². The number of carbonyl (C=O) groups is 1. The van der Waals surface area contributed by atoms with E-state index in [-0.39, 0.29) is 18.0 Å². The average Bonchev–Trinajstić information content (AvgIpc) is 3.35. The number of carbonyl (C=O) groups excluding carboxylic acids is 1. The summed E-state index contributed by atoms with van der Waals surface area (Å²) in [6, 6.07) is 12.0. The zero-order valence-electron chi connectivity index (χ0n) is 21.5. The number of likely N-dealkylation sites (tertiary alicyclic amines) is 1. The third-order valence-corrected chi connectivity index (χ3v) is 8.34. The number of imidazole rings is 1. The number of benzene rings is 2. The number of nitrogens with zero attached hydrogens (tertiary/aromatic N) is 4. The van der Waals surface area contributed by atoms with Crippen LogP contribution in [0.25, 0.3) is 16.6 Å². The van der Waals surface area contributed by atoms with Crippen LogP contribution in [0, 0.1) is 0 Å². The molecular formula is C29H34Cl2N4O2. The summed E-state index contributed by atoms with van der Waals surface area (Å²) in [7, 11) is 1.72. The van der Waals surface area contributed by atoms with E-state index in [0.717, 1.165) is 61.9 Å². The maximum atomic E-state index is 13.4. The van der Waals surface area contributed by atoms with Crippen molar-refractivity contribution in [3.05, 3.63) is 70.0 Å². The summed E-state index contributed by atoms with van der Waals surface area (Å²) >= 11 is 12.6. The molecule has 1 fully saturated rings. The first-order valence-electron chi connectivity index (χ1n) is 13.1. The van der Waals surface area contributed by atoms with E-state index in [2.05, 4.69) is 45.6 Å². The average molecular weight is 542 g/mol. The predicted molar refractivity (Wildman–Crippen MR) is 150 cm³/mol. The Morgan fingerprint density at radius 2 is 2.03 bits per heavy atom. The molecule has 0 saturated carbocycles. The molecule has 3 aromatic rings. The van der Waals surface area contributed by atoms with Crippen LogP contribution in [-0.2, 0) is 9.53 Å². The number of ether oxygens (including phenoxy) is 1. The van der Waals surface area contributed by atoms with Crippen LogP contribution in [0.3, 0.4) is 0 Å². The Kier molecular flexibility index (Phi) is 8.20. The van der Waals surface area contributed by atoms with E-state index in [1.165, 1.54) is 11.1 Å². The number of aromatic nitrogens is 2. The van der Waals surface area contributed by atoms with E-state index in [1.54, 1.807) is 13.2 Å². The molecule has 0 radical (unpaired) electrons. The van der Waals surface area contributed by atoms with Gasteiger partial charge in [0, 0.05) is 36.8 Å². The Hall–Kier alpha value is -2.38. The Morgan fingerprint density at radius 3 is 2.78 bits per heavy atom. The number of hydrogen-bond donors (Lipinski definition) is 0. The molecule has 2 aliphatic rings. The first kappa shape index (κ1) is 26.2. The number of halogens is 2. The highest BCUT2D eigenvalue weighted by Crippen LogP contribution is 2.32. The molecule has 0 bridgehead atoms. The monoisotopic (exact) mass is 540 g/mol. The number of hydrogen-bond acceptors (Lipinski definition) is 4. The number of fused-ring (bicyclic) bond motifs is 1. The smallest absolute Gasteiger partial charge is 0.240 e. The molecule has 196 valence electrons. The van der Waals surface area contributed by atoms with Gasteiger partial charge in [0.1, 0.15) is 0 Å². The Bertz CT molecular complexity index is 1300. The quantitative estimate of drug-likeness (QED) is 0.365. The summed E-state index contributed by atoms with van der Waals surface area (Å²) in [6.07, 6.45) is 8.13. The Balaban J connectivity index is 1.33. The van der Waals surface area contributed by atoms with Gasteiger partial charge in [0.15, 0.2) is 0 Å². The van der Waals surface area contributed by atoms with E-state index >= 15 is 0 Å². The highest BCUT2D eigenvalue weighted by Gasteiger charge is 2.32.